The van der Waals surface area contributed by atoms with E-state index in [1.807, 2.05) is 30.3 Å². The van der Waals surface area contributed by atoms with Crippen LogP contribution in [0.15, 0.2) is 36.9 Å². The number of nitrogens with one attached hydrogen (secondary N) is 1. The second-order valence-corrected chi connectivity index (χ2v) is 5.36. The van der Waals surface area contributed by atoms with Crippen molar-refractivity contribution in [3.63, 3.8) is 0 Å². The molecule has 0 spiro atoms. The number of hydrogen-bond donors (Lipinski definition) is 3. The van der Waals surface area contributed by atoms with Crippen molar-refractivity contribution in [2.45, 2.75) is 37.5 Å². The van der Waals surface area contributed by atoms with E-state index < -0.39 is 6.10 Å². The molecule has 1 aromatic rings. The number of rotatable bonds is 9. The highest BCUT2D eigenvalue weighted by Gasteiger charge is 2.23. The summed E-state index contributed by atoms with van der Waals surface area (Å²) in [5, 5.41) is 13.2. The van der Waals surface area contributed by atoms with Crippen LogP contribution >= 0.6 is 0 Å². The van der Waals surface area contributed by atoms with Crippen LogP contribution < -0.4 is 15.8 Å². The van der Waals surface area contributed by atoms with E-state index in [1.165, 1.54) is 12.8 Å². The average Bonchev–Trinajstić information content (AvgIpc) is 3.27. The third kappa shape index (κ3) is 4.96. The highest BCUT2D eigenvalue weighted by molar-refractivity contribution is 5.29. The highest BCUT2D eigenvalue weighted by atomic mass is 16.5. The molecule has 0 aliphatic heterocycles. The maximum Gasteiger partial charge on any atom is 0.119 e. The van der Waals surface area contributed by atoms with Gasteiger partial charge < -0.3 is 20.9 Å². The number of ether oxygens (including phenoxy) is 1. The minimum atomic E-state index is -0.577. The van der Waals surface area contributed by atoms with E-state index in [4.69, 9.17) is 10.5 Å². The number of hydrogen-bond acceptors (Lipinski definition) is 4. The van der Waals surface area contributed by atoms with E-state index >= 15 is 0 Å². The van der Waals surface area contributed by atoms with E-state index in [1.54, 1.807) is 0 Å². The first kappa shape index (κ1) is 15.0. The number of aliphatic hydroxyl groups is 1. The van der Waals surface area contributed by atoms with Crippen molar-refractivity contribution >= 4 is 0 Å². The van der Waals surface area contributed by atoms with Crippen molar-refractivity contribution in [3.05, 3.63) is 42.5 Å². The monoisotopic (exact) mass is 276 g/mol. The van der Waals surface area contributed by atoms with Gasteiger partial charge in [0.2, 0.25) is 0 Å². The molecule has 0 amide bonds. The summed E-state index contributed by atoms with van der Waals surface area (Å²) in [5.74, 6) is 0.780. The summed E-state index contributed by atoms with van der Waals surface area (Å²) >= 11 is 0. The third-order valence-electron chi connectivity index (χ3n) is 3.41. The van der Waals surface area contributed by atoms with Gasteiger partial charge in [-0.2, -0.15) is 0 Å². The van der Waals surface area contributed by atoms with Crippen molar-refractivity contribution in [2.75, 3.05) is 13.2 Å². The maximum absolute atomic E-state index is 9.93. The van der Waals surface area contributed by atoms with Crippen LogP contribution in [-0.2, 0) is 6.42 Å². The topological polar surface area (TPSA) is 67.5 Å². The summed E-state index contributed by atoms with van der Waals surface area (Å²) in [7, 11) is 0. The van der Waals surface area contributed by atoms with Crippen LogP contribution in [-0.4, -0.2) is 36.4 Å². The third-order valence-corrected chi connectivity index (χ3v) is 3.41. The maximum atomic E-state index is 9.93. The van der Waals surface area contributed by atoms with Crippen LogP contribution in [0.5, 0.6) is 5.75 Å². The summed E-state index contributed by atoms with van der Waals surface area (Å²) in [6.07, 6.45) is 4.50. The van der Waals surface area contributed by atoms with Gasteiger partial charge in [0.1, 0.15) is 12.4 Å². The minimum absolute atomic E-state index is 0.311. The van der Waals surface area contributed by atoms with Crippen LogP contribution in [0.25, 0.3) is 0 Å². The van der Waals surface area contributed by atoms with Gasteiger partial charge in [-0.1, -0.05) is 18.2 Å². The second kappa shape index (κ2) is 7.43. The second-order valence-electron chi connectivity index (χ2n) is 5.36. The summed E-state index contributed by atoms with van der Waals surface area (Å²) in [5.41, 5.74) is 7.09. The fourth-order valence-electron chi connectivity index (χ4n) is 1.96. The SMILES string of the molecule is C=CCc1cccc(OCC(N)C(O)CNC2CC2)c1. The zero-order chi connectivity index (χ0) is 14.4. The molecule has 0 heterocycles. The van der Waals surface area contributed by atoms with Crippen LogP contribution in [0, 0.1) is 0 Å². The molecule has 0 aromatic heterocycles. The Hall–Kier alpha value is -1.36. The molecule has 2 atom stereocenters. The molecule has 0 saturated heterocycles. The van der Waals surface area contributed by atoms with Crippen LogP contribution in [0.4, 0.5) is 0 Å². The first-order valence-electron chi connectivity index (χ1n) is 7.18. The summed E-state index contributed by atoms with van der Waals surface area (Å²) in [6.45, 7) is 4.57. The molecule has 4 nitrogen and oxygen atoms in total. The molecule has 0 radical (unpaired) electrons. The molecule has 1 aliphatic carbocycles. The van der Waals surface area contributed by atoms with Gasteiger partial charge in [0.15, 0.2) is 0 Å². The molecule has 20 heavy (non-hydrogen) atoms. The molecule has 1 aromatic carbocycles. The zero-order valence-electron chi connectivity index (χ0n) is 11.8. The molecule has 0 bridgehead atoms. The van der Waals surface area contributed by atoms with E-state index in [0.29, 0.717) is 19.2 Å². The largest absolute Gasteiger partial charge is 0.492 e. The molecule has 1 fully saturated rings. The molecule has 2 rings (SSSR count). The molecule has 2 unspecified atom stereocenters. The number of aliphatic hydroxyl groups excluding tert-OH is 1. The van der Waals surface area contributed by atoms with Crippen molar-refractivity contribution < 1.29 is 9.84 Å². The molecule has 4 heteroatoms. The lowest BCUT2D eigenvalue weighted by atomic mass is 10.1. The summed E-state index contributed by atoms with van der Waals surface area (Å²) in [4.78, 5) is 0. The predicted octanol–water partition coefficient (Wildman–Crippen LogP) is 1.23. The Morgan fingerprint density at radius 3 is 3.00 bits per heavy atom. The average molecular weight is 276 g/mol. The Balaban J connectivity index is 1.74. The molecular weight excluding hydrogens is 252 g/mol. The first-order chi connectivity index (χ1) is 9.69. The van der Waals surface area contributed by atoms with Gasteiger partial charge in [-0.3, -0.25) is 0 Å². The minimum Gasteiger partial charge on any atom is -0.492 e. The van der Waals surface area contributed by atoms with Gasteiger partial charge in [0.25, 0.3) is 0 Å². The number of benzene rings is 1. The molecule has 110 valence electrons. The number of allylic oxidation sites excluding steroid dienone is 1. The fraction of sp³-hybridized carbons (Fsp3) is 0.500. The zero-order valence-corrected chi connectivity index (χ0v) is 11.8. The van der Waals surface area contributed by atoms with Gasteiger partial charge in [0, 0.05) is 12.6 Å². The summed E-state index contributed by atoms with van der Waals surface area (Å²) in [6, 6.07) is 8.04. The Morgan fingerprint density at radius 2 is 2.30 bits per heavy atom. The normalized spacial score (nSPS) is 17.5. The van der Waals surface area contributed by atoms with E-state index in [9.17, 15) is 5.11 Å². The van der Waals surface area contributed by atoms with Crippen molar-refractivity contribution in [1.82, 2.24) is 5.32 Å². The lowest BCUT2D eigenvalue weighted by molar-refractivity contribution is 0.114. The molecule has 1 aliphatic rings. The van der Waals surface area contributed by atoms with Crippen molar-refractivity contribution in [1.29, 1.82) is 0 Å². The van der Waals surface area contributed by atoms with Crippen molar-refractivity contribution in [3.8, 4) is 5.75 Å². The van der Waals surface area contributed by atoms with Gasteiger partial charge in [-0.15, -0.1) is 6.58 Å². The van der Waals surface area contributed by atoms with E-state index in [-0.39, 0.29) is 6.04 Å². The standard InChI is InChI=1S/C16H24N2O2/c1-2-4-12-5-3-6-14(9-12)20-11-15(17)16(19)10-18-13-7-8-13/h2-3,5-6,9,13,15-16,18-19H,1,4,7-8,10-11,17H2. The highest BCUT2D eigenvalue weighted by Crippen LogP contribution is 2.18. The molecule has 1 saturated carbocycles. The van der Waals surface area contributed by atoms with Crippen molar-refractivity contribution in [2.24, 2.45) is 5.73 Å². The quantitative estimate of drug-likeness (QED) is 0.594. The van der Waals surface area contributed by atoms with Crippen LogP contribution in [0.2, 0.25) is 0 Å². The number of nitrogens with two attached hydrogens (primary N) is 1. The van der Waals surface area contributed by atoms with Crippen LogP contribution in [0.3, 0.4) is 0 Å². The van der Waals surface area contributed by atoms with Gasteiger partial charge in [-0.25, -0.2) is 0 Å². The van der Waals surface area contributed by atoms with Crippen LogP contribution in [0.1, 0.15) is 18.4 Å². The Morgan fingerprint density at radius 1 is 1.50 bits per heavy atom. The molecule has 4 N–H and O–H groups in total. The van der Waals surface area contributed by atoms with E-state index in [0.717, 1.165) is 17.7 Å². The Labute approximate surface area is 120 Å². The lowest BCUT2D eigenvalue weighted by Gasteiger charge is -2.20. The fourth-order valence-corrected chi connectivity index (χ4v) is 1.96. The molecular formula is C16H24N2O2. The smallest absolute Gasteiger partial charge is 0.119 e. The lowest BCUT2D eigenvalue weighted by Crippen LogP contribution is -2.45. The van der Waals surface area contributed by atoms with Gasteiger partial charge >= 0.3 is 0 Å². The Kier molecular flexibility index (Phi) is 5.59. The Bertz CT molecular complexity index is 432. The van der Waals surface area contributed by atoms with Gasteiger partial charge in [-0.05, 0) is 37.0 Å². The van der Waals surface area contributed by atoms with Gasteiger partial charge in [0.05, 0.1) is 12.1 Å². The summed E-state index contributed by atoms with van der Waals surface area (Å²) < 4.78 is 5.65. The first-order valence-corrected chi connectivity index (χ1v) is 7.18. The predicted molar refractivity (Wildman–Crippen MR) is 80.8 cm³/mol. The van der Waals surface area contributed by atoms with E-state index in [2.05, 4.69) is 11.9 Å².